The molecule has 1 aliphatic carbocycles. The van der Waals surface area contributed by atoms with Gasteiger partial charge in [-0.1, -0.05) is 13.3 Å². The van der Waals surface area contributed by atoms with Gasteiger partial charge in [0.05, 0.1) is 12.2 Å². The van der Waals surface area contributed by atoms with Crippen LogP contribution in [0.4, 0.5) is 0 Å². The summed E-state index contributed by atoms with van der Waals surface area (Å²) in [6.07, 6.45) is 7.04. The highest BCUT2D eigenvalue weighted by Crippen LogP contribution is 2.23. The average molecular weight is 141 g/mol. The van der Waals surface area contributed by atoms with Crippen molar-refractivity contribution in [2.75, 3.05) is 0 Å². The summed E-state index contributed by atoms with van der Waals surface area (Å²) in [7, 11) is 0. The van der Waals surface area contributed by atoms with Crippen LogP contribution in [0.5, 0.6) is 0 Å². The zero-order valence-corrected chi connectivity index (χ0v) is 6.81. The van der Waals surface area contributed by atoms with Crippen molar-refractivity contribution < 1.29 is 4.74 Å². The van der Waals surface area contributed by atoms with E-state index in [1.807, 2.05) is 0 Å². The third-order valence-corrected chi connectivity index (χ3v) is 2.09. The fourth-order valence-corrected chi connectivity index (χ4v) is 1.19. The number of hydrogen-bond donors (Lipinski definition) is 0. The summed E-state index contributed by atoms with van der Waals surface area (Å²) in [5, 5.41) is 0. The summed E-state index contributed by atoms with van der Waals surface area (Å²) in [6.45, 7) is 5.94. The lowest BCUT2D eigenvalue weighted by Crippen LogP contribution is -2.26. The minimum atomic E-state index is 0.433. The van der Waals surface area contributed by atoms with Gasteiger partial charge in [0.1, 0.15) is 0 Å². The van der Waals surface area contributed by atoms with Crippen LogP contribution in [0.25, 0.3) is 0 Å². The zero-order chi connectivity index (χ0) is 7.40. The van der Waals surface area contributed by atoms with Crippen molar-refractivity contribution in [3.8, 4) is 0 Å². The molecule has 1 aliphatic rings. The molecule has 0 heterocycles. The summed E-state index contributed by atoms with van der Waals surface area (Å²) in [4.78, 5) is 0. The van der Waals surface area contributed by atoms with Gasteiger partial charge in [0.15, 0.2) is 0 Å². The second-order valence-electron chi connectivity index (χ2n) is 3.14. The Morgan fingerprint density at radius 1 is 1.60 bits per heavy atom. The molecule has 59 valence electrons. The zero-order valence-electron chi connectivity index (χ0n) is 6.81. The Kier molecular flexibility index (Phi) is 3.20. The molecule has 0 amide bonds. The van der Waals surface area contributed by atoms with Crippen LogP contribution in [-0.2, 0) is 4.74 Å². The Balaban J connectivity index is 1.99. The lowest BCUT2D eigenvalue weighted by Gasteiger charge is -2.28. The van der Waals surface area contributed by atoms with Crippen LogP contribution in [0, 0.1) is 6.92 Å². The van der Waals surface area contributed by atoms with E-state index < -0.39 is 0 Å². The highest BCUT2D eigenvalue weighted by molar-refractivity contribution is 4.70. The Hall–Kier alpha value is -0.0400. The Labute approximate surface area is 63.8 Å². The maximum absolute atomic E-state index is 5.69. The fourth-order valence-electron chi connectivity index (χ4n) is 1.19. The van der Waals surface area contributed by atoms with Gasteiger partial charge in [-0.05, 0) is 32.6 Å². The van der Waals surface area contributed by atoms with Crippen molar-refractivity contribution in [1.82, 2.24) is 0 Å². The summed E-state index contributed by atoms with van der Waals surface area (Å²) in [5.74, 6) is 0. The van der Waals surface area contributed by atoms with Crippen molar-refractivity contribution in [1.29, 1.82) is 0 Å². The molecule has 0 aromatic rings. The first-order valence-electron chi connectivity index (χ1n) is 4.27. The quantitative estimate of drug-likeness (QED) is 0.584. The van der Waals surface area contributed by atoms with Gasteiger partial charge in [0.25, 0.3) is 0 Å². The van der Waals surface area contributed by atoms with Gasteiger partial charge >= 0.3 is 0 Å². The molecule has 1 rings (SSSR count). The molecule has 1 heteroatoms. The molecule has 0 saturated heterocycles. The molecule has 1 saturated carbocycles. The second-order valence-corrected chi connectivity index (χ2v) is 3.14. The standard InChI is InChI=1S/C9H17O/c1-3-5-8(2)10-9-6-4-7-9/h8-9H,1,3-7H2,2H3. The van der Waals surface area contributed by atoms with Crippen LogP contribution >= 0.6 is 0 Å². The number of rotatable bonds is 4. The van der Waals surface area contributed by atoms with Gasteiger partial charge < -0.3 is 4.74 Å². The largest absolute Gasteiger partial charge is 0.375 e. The predicted octanol–water partition coefficient (Wildman–Crippen LogP) is 2.56. The van der Waals surface area contributed by atoms with E-state index in [-0.39, 0.29) is 0 Å². The molecule has 0 spiro atoms. The van der Waals surface area contributed by atoms with Crippen molar-refractivity contribution in [3.05, 3.63) is 6.92 Å². The molecule has 10 heavy (non-hydrogen) atoms. The molecule has 1 nitrogen and oxygen atoms in total. The minimum Gasteiger partial charge on any atom is -0.375 e. The van der Waals surface area contributed by atoms with Crippen molar-refractivity contribution in [2.45, 2.75) is 51.2 Å². The molecule has 1 radical (unpaired) electrons. The highest BCUT2D eigenvalue weighted by atomic mass is 16.5. The normalized spacial score (nSPS) is 22.2. The van der Waals surface area contributed by atoms with E-state index in [9.17, 15) is 0 Å². The molecule has 0 aromatic carbocycles. The Bertz CT molecular complexity index is 86.7. The van der Waals surface area contributed by atoms with E-state index >= 15 is 0 Å². The van der Waals surface area contributed by atoms with E-state index in [0.29, 0.717) is 12.2 Å². The van der Waals surface area contributed by atoms with Crippen LogP contribution < -0.4 is 0 Å². The average Bonchev–Trinajstić information content (AvgIpc) is 1.80. The first-order chi connectivity index (χ1) is 4.83. The molecule has 0 aromatic heterocycles. The van der Waals surface area contributed by atoms with Crippen LogP contribution in [0.2, 0.25) is 0 Å². The smallest absolute Gasteiger partial charge is 0.0578 e. The first kappa shape index (κ1) is 8.06. The molecule has 1 fully saturated rings. The van der Waals surface area contributed by atoms with Gasteiger partial charge in [0, 0.05) is 0 Å². The molecular weight excluding hydrogens is 124 g/mol. The Morgan fingerprint density at radius 2 is 2.30 bits per heavy atom. The summed E-state index contributed by atoms with van der Waals surface area (Å²) >= 11 is 0. The monoisotopic (exact) mass is 141 g/mol. The summed E-state index contributed by atoms with van der Waals surface area (Å²) in [6, 6.07) is 0. The molecule has 0 N–H and O–H groups in total. The molecule has 1 atom stereocenters. The van der Waals surface area contributed by atoms with Crippen LogP contribution in [-0.4, -0.2) is 12.2 Å². The number of hydrogen-bond acceptors (Lipinski definition) is 1. The topological polar surface area (TPSA) is 9.23 Å². The molecule has 0 bridgehead atoms. The van der Waals surface area contributed by atoms with Gasteiger partial charge in [-0.2, -0.15) is 0 Å². The summed E-state index contributed by atoms with van der Waals surface area (Å²) in [5.41, 5.74) is 0. The van der Waals surface area contributed by atoms with Crippen molar-refractivity contribution in [3.63, 3.8) is 0 Å². The predicted molar refractivity (Wildman–Crippen MR) is 42.8 cm³/mol. The SMILES string of the molecule is [CH2]CCC(C)OC1CCC1. The maximum Gasteiger partial charge on any atom is 0.0578 e. The lowest BCUT2D eigenvalue weighted by molar-refractivity contribution is -0.0454. The van der Waals surface area contributed by atoms with Crippen LogP contribution in [0.1, 0.15) is 39.0 Å². The fraction of sp³-hybridized carbons (Fsp3) is 0.889. The van der Waals surface area contributed by atoms with E-state index in [2.05, 4.69) is 13.8 Å². The van der Waals surface area contributed by atoms with E-state index in [0.717, 1.165) is 12.8 Å². The van der Waals surface area contributed by atoms with Gasteiger partial charge in [-0.3, -0.25) is 0 Å². The summed E-state index contributed by atoms with van der Waals surface area (Å²) < 4.78 is 5.69. The minimum absolute atomic E-state index is 0.433. The highest BCUT2D eigenvalue weighted by Gasteiger charge is 2.19. The molecule has 0 aliphatic heterocycles. The van der Waals surface area contributed by atoms with Gasteiger partial charge in [0.2, 0.25) is 0 Å². The van der Waals surface area contributed by atoms with Crippen molar-refractivity contribution >= 4 is 0 Å². The first-order valence-corrected chi connectivity index (χ1v) is 4.27. The van der Waals surface area contributed by atoms with Crippen LogP contribution in [0.15, 0.2) is 0 Å². The van der Waals surface area contributed by atoms with E-state index in [1.54, 1.807) is 0 Å². The van der Waals surface area contributed by atoms with Crippen molar-refractivity contribution in [2.24, 2.45) is 0 Å². The van der Waals surface area contributed by atoms with Gasteiger partial charge in [-0.15, -0.1) is 0 Å². The van der Waals surface area contributed by atoms with E-state index in [4.69, 9.17) is 4.74 Å². The van der Waals surface area contributed by atoms with E-state index in [1.165, 1.54) is 19.3 Å². The second kappa shape index (κ2) is 3.97. The lowest BCUT2D eigenvalue weighted by atomic mass is 9.96. The maximum atomic E-state index is 5.69. The number of ether oxygens (including phenoxy) is 1. The van der Waals surface area contributed by atoms with Gasteiger partial charge in [-0.25, -0.2) is 0 Å². The van der Waals surface area contributed by atoms with Crippen LogP contribution in [0.3, 0.4) is 0 Å². The molecular formula is C9H17O. The third-order valence-electron chi connectivity index (χ3n) is 2.09. The third kappa shape index (κ3) is 2.30. The molecule has 1 unspecified atom stereocenters. The Morgan fingerprint density at radius 3 is 2.70 bits per heavy atom.